The number of fused-ring (bicyclic) bond motifs is 1. The Morgan fingerprint density at radius 3 is 2.70 bits per heavy atom. The molecule has 1 aromatic heterocycles. The molecule has 3 aliphatic rings. The summed E-state index contributed by atoms with van der Waals surface area (Å²) in [5, 5.41) is 9.55. The first kappa shape index (κ1) is 19.5. The van der Waals surface area contributed by atoms with Gasteiger partial charge in [0.15, 0.2) is 5.82 Å². The van der Waals surface area contributed by atoms with Crippen molar-refractivity contribution in [1.29, 1.82) is 0 Å². The summed E-state index contributed by atoms with van der Waals surface area (Å²) in [6.07, 6.45) is 6.57. The van der Waals surface area contributed by atoms with Crippen LogP contribution in [0.25, 0.3) is 0 Å². The van der Waals surface area contributed by atoms with E-state index in [0.29, 0.717) is 11.6 Å². The molecule has 0 spiro atoms. The summed E-state index contributed by atoms with van der Waals surface area (Å²) in [6.45, 7) is 2.07. The van der Waals surface area contributed by atoms with Crippen LogP contribution in [0.5, 0.6) is 0 Å². The first-order valence-corrected chi connectivity index (χ1v) is 11.3. The fourth-order valence-electron chi connectivity index (χ4n) is 5.03. The summed E-state index contributed by atoms with van der Waals surface area (Å²) >= 11 is 5.97. The predicted octanol–water partition coefficient (Wildman–Crippen LogP) is 3.37. The lowest BCUT2D eigenvalue weighted by atomic mass is 10.1. The Hall–Kier alpha value is -2.41. The molecule has 3 aliphatic heterocycles. The smallest absolute Gasteiger partial charge is 0.228 e. The second-order valence-corrected chi connectivity index (χ2v) is 8.94. The van der Waals surface area contributed by atoms with Crippen LogP contribution in [0, 0.1) is 5.92 Å². The van der Waals surface area contributed by atoms with E-state index >= 15 is 0 Å². The van der Waals surface area contributed by atoms with E-state index in [4.69, 9.17) is 11.6 Å². The maximum Gasteiger partial charge on any atom is 0.228 e. The van der Waals surface area contributed by atoms with Crippen LogP contribution in [-0.4, -0.2) is 44.6 Å². The van der Waals surface area contributed by atoms with Crippen LogP contribution < -0.4 is 4.90 Å². The molecule has 158 valence electrons. The first-order chi connectivity index (χ1) is 14.6. The van der Waals surface area contributed by atoms with Crippen molar-refractivity contribution in [1.82, 2.24) is 19.7 Å². The van der Waals surface area contributed by atoms with E-state index in [0.717, 1.165) is 62.5 Å². The summed E-state index contributed by atoms with van der Waals surface area (Å²) in [7, 11) is 0. The van der Waals surface area contributed by atoms with Crippen LogP contribution in [0.15, 0.2) is 24.3 Å². The maximum atomic E-state index is 13.4. The van der Waals surface area contributed by atoms with Gasteiger partial charge in [-0.25, -0.2) is 0 Å². The van der Waals surface area contributed by atoms with Crippen molar-refractivity contribution in [2.24, 2.45) is 5.92 Å². The number of benzene rings is 1. The van der Waals surface area contributed by atoms with Crippen molar-refractivity contribution in [2.75, 3.05) is 18.0 Å². The molecule has 0 aliphatic carbocycles. The van der Waals surface area contributed by atoms with Gasteiger partial charge < -0.3 is 14.4 Å². The Morgan fingerprint density at radius 2 is 1.87 bits per heavy atom. The van der Waals surface area contributed by atoms with Crippen LogP contribution in [0.1, 0.15) is 56.2 Å². The van der Waals surface area contributed by atoms with Crippen LogP contribution in [0.3, 0.4) is 0 Å². The molecular weight excluding hydrogens is 402 g/mol. The Labute approximate surface area is 181 Å². The molecule has 0 saturated carbocycles. The Morgan fingerprint density at radius 1 is 1.03 bits per heavy atom. The minimum Gasteiger partial charge on any atom is -0.332 e. The summed E-state index contributed by atoms with van der Waals surface area (Å²) in [5.74, 6) is 1.71. The van der Waals surface area contributed by atoms with E-state index < -0.39 is 0 Å². The van der Waals surface area contributed by atoms with Gasteiger partial charge in [-0.3, -0.25) is 9.59 Å². The fraction of sp³-hybridized carbons (Fsp3) is 0.545. The molecule has 5 rings (SSSR count). The second kappa shape index (κ2) is 8.02. The third-order valence-electron chi connectivity index (χ3n) is 6.58. The zero-order valence-electron chi connectivity index (χ0n) is 17.0. The van der Waals surface area contributed by atoms with E-state index in [2.05, 4.69) is 14.8 Å². The van der Waals surface area contributed by atoms with E-state index in [1.54, 1.807) is 17.0 Å². The number of rotatable bonds is 3. The highest BCUT2D eigenvalue weighted by Crippen LogP contribution is 2.35. The molecule has 4 heterocycles. The predicted molar refractivity (Wildman–Crippen MR) is 113 cm³/mol. The molecular formula is C22H26ClN5O2. The molecule has 2 aromatic rings. The number of anilines is 1. The third kappa shape index (κ3) is 3.49. The molecule has 0 N–H and O–H groups in total. The zero-order chi connectivity index (χ0) is 20.7. The van der Waals surface area contributed by atoms with Crippen LogP contribution in [-0.2, 0) is 22.6 Å². The highest BCUT2D eigenvalue weighted by atomic mass is 35.5. The van der Waals surface area contributed by atoms with Crippen molar-refractivity contribution in [3.8, 4) is 0 Å². The highest BCUT2D eigenvalue weighted by molar-refractivity contribution is 6.30. The number of aromatic nitrogens is 3. The number of hydrogen-bond donors (Lipinski definition) is 0. The lowest BCUT2D eigenvalue weighted by Crippen LogP contribution is -2.38. The van der Waals surface area contributed by atoms with Crippen molar-refractivity contribution in [3.63, 3.8) is 0 Å². The average Bonchev–Trinajstić information content (AvgIpc) is 3.43. The van der Waals surface area contributed by atoms with Gasteiger partial charge in [0.25, 0.3) is 0 Å². The molecule has 1 aromatic carbocycles. The van der Waals surface area contributed by atoms with Crippen LogP contribution in [0.4, 0.5) is 5.69 Å². The largest absolute Gasteiger partial charge is 0.332 e. The Bertz CT molecular complexity index is 957. The number of hydrogen-bond acceptors (Lipinski definition) is 4. The Balaban J connectivity index is 1.34. The minimum absolute atomic E-state index is 0.0113. The van der Waals surface area contributed by atoms with Crippen molar-refractivity contribution in [2.45, 2.75) is 57.5 Å². The lowest BCUT2D eigenvalue weighted by molar-refractivity contribution is -0.136. The molecule has 7 nitrogen and oxygen atoms in total. The number of amides is 2. The van der Waals surface area contributed by atoms with Gasteiger partial charge in [0.2, 0.25) is 11.8 Å². The number of likely N-dealkylation sites (tertiary alicyclic amines) is 1. The van der Waals surface area contributed by atoms with Gasteiger partial charge in [0, 0.05) is 43.2 Å². The molecule has 0 bridgehead atoms. The quantitative estimate of drug-likeness (QED) is 0.752. The number of nitrogens with zero attached hydrogens (tertiary/aromatic N) is 5. The number of aryl methyl sites for hydroxylation is 1. The van der Waals surface area contributed by atoms with Crippen LogP contribution >= 0.6 is 11.6 Å². The maximum absolute atomic E-state index is 13.4. The minimum atomic E-state index is -0.319. The fourth-order valence-corrected chi connectivity index (χ4v) is 5.16. The van der Waals surface area contributed by atoms with Gasteiger partial charge in [-0.15, -0.1) is 10.2 Å². The summed E-state index contributed by atoms with van der Waals surface area (Å²) in [6, 6.07) is 7.17. The van der Waals surface area contributed by atoms with Gasteiger partial charge in [-0.05, 0) is 49.9 Å². The Kier molecular flexibility index (Phi) is 5.23. The van der Waals surface area contributed by atoms with Crippen LogP contribution in [0.2, 0.25) is 5.02 Å². The number of halogens is 1. The van der Waals surface area contributed by atoms with Gasteiger partial charge in [-0.2, -0.15) is 0 Å². The van der Waals surface area contributed by atoms with Crippen molar-refractivity contribution >= 4 is 29.1 Å². The molecule has 30 heavy (non-hydrogen) atoms. The molecule has 2 amide bonds. The van der Waals surface area contributed by atoms with E-state index in [9.17, 15) is 9.59 Å². The topological polar surface area (TPSA) is 71.3 Å². The zero-order valence-corrected chi connectivity index (χ0v) is 17.7. The monoisotopic (exact) mass is 427 g/mol. The van der Waals surface area contributed by atoms with Gasteiger partial charge in [0.1, 0.15) is 5.82 Å². The van der Waals surface area contributed by atoms with Gasteiger partial charge in [-0.1, -0.05) is 18.0 Å². The number of carbonyl (C=O) groups is 2. The van der Waals surface area contributed by atoms with Gasteiger partial charge in [0.05, 0.1) is 12.0 Å². The summed E-state index contributed by atoms with van der Waals surface area (Å²) in [4.78, 5) is 29.7. The lowest BCUT2D eigenvalue weighted by Gasteiger charge is -2.27. The SMILES string of the molecule is O=C1CC(C(=O)N2CCCC2c2nnc3n2CCCCC3)CN1c1ccc(Cl)cc1. The standard InChI is InChI=1S/C22H26ClN5O2/c23-16-7-9-17(10-8-16)28-14-15(13-20(28)29)22(30)26-12-4-5-18(26)21-25-24-19-6-2-1-3-11-27(19)21/h7-10,15,18H,1-6,11-14H2. The third-order valence-corrected chi connectivity index (χ3v) is 6.84. The summed E-state index contributed by atoms with van der Waals surface area (Å²) in [5.41, 5.74) is 0.792. The normalized spacial score (nSPS) is 24.2. The second-order valence-electron chi connectivity index (χ2n) is 8.51. The molecule has 8 heteroatoms. The van der Waals surface area contributed by atoms with E-state index in [1.807, 2.05) is 17.0 Å². The molecule has 2 saturated heterocycles. The first-order valence-electron chi connectivity index (χ1n) is 10.9. The molecule has 2 atom stereocenters. The van der Waals surface area contributed by atoms with E-state index in [-0.39, 0.29) is 30.2 Å². The average molecular weight is 428 g/mol. The van der Waals surface area contributed by atoms with E-state index in [1.165, 1.54) is 6.42 Å². The van der Waals surface area contributed by atoms with Gasteiger partial charge >= 0.3 is 0 Å². The highest BCUT2D eigenvalue weighted by Gasteiger charge is 2.42. The van der Waals surface area contributed by atoms with Crippen molar-refractivity contribution in [3.05, 3.63) is 40.9 Å². The summed E-state index contributed by atoms with van der Waals surface area (Å²) < 4.78 is 2.24. The van der Waals surface area contributed by atoms with Crippen molar-refractivity contribution < 1.29 is 9.59 Å². The molecule has 0 radical (unpaired) electrons. The molecule has 2 fully saturated rings. The molecule has 2 unspecified atom stereocenters. The number of carbonyl (C=O) groups excluding carboxylic acids is 2.